The fourth-order valence-electron chi connectivity index (χ4n) is 4.21. The van der Waals surface area contributed by atoms with Crippen LogP contribution in [0.1, 0.15) is 25.5 Å². The Morgan fingerprint density at radius 2 is 2.21 bits per heavy atom. The van der Waals surface area contributed by atoms with E-state index in [0.717, 1.165) is 37.3 Å². The van der Waals surface area contributed by atoms with Gasteiger partial charge in [-0.15, -0.1) is 15.0 Å². The number of nitrogens with one attached hydrogen (secondary N) is 2. The van der Waals surface area contributed by atoms with Crippen molar-refractivity contribution < 1.29 is 4.74 Å². The molecule has 1 saturated carbocycles. The summed E-state index contributed by atoms with van der Waals surface area (Å²) in [7, 11) is 1.56. The number of methoxy groups -OCH3 is 1. The Morgan fingerprint density at radius 1 is 1.32 bits per heavy atom. The Labute approximate surface area is 161 Å². The van der Waals surface area contributed by atoms with Crippen LogP contribution in [0.4, 0.5) is 5.69 Å². The van der Waals surface area contributed by atoms with E-state index in [0.29, 0.717) is 34.8 Å². The van der Waals surface area contributed by atoms with E-state index in [1.807, 2.05) is 0 Å². The molecule has 1 saturated heterocycles. The number of aromatic amines is 1. The van der Waals surface area contributed by atoms with Crippen LogP contribution in [0.2, 0.25) is 0 Å². The molecule has 0 spiro atoms. The van der Waals surface area contributed by atoms with Crippen LogP contribution < -0.4 is 20.4 Å². The molecule has 2 aliphatic rings. The number of aromatic nitrogens is 5. The molecule has 28 heavy (non-hydrogen) atoms. The van der Waals surface area contributed by atoms with E-state index in [-0.39, 0.29) is 5.43 Å². The Morgan fingerprint density at radius 3 is 2.96 bits per heavy atom. The van der Waals surface area contributed by atoms with Crippen LogP contribution in [0.3, 0.4) is 0 Å². The molecule has 4 heterocycles. The highest BCUT2D eigenvalue weighted by molar-refractivity contribution is 5.76. The lowest BCUT2D eigenvalue weighted by atomic mass is 9.83. The number of hydrogen-bond acceptors (Lipinski definition) is 7. The molecular weight excluding hydrogens is 358 g/mol. The lowest BCUT2D eigenvalue weighted by Crippen LogP contribution is -2.64. The minimum Gasteiger partial charge on any atom is -0.481 e. The number of ether oxygens (including phenoxy) is 1. The summed E-state index contributed by atoms with van der Waals surface area (Å²) in [5, 5.41) is 12.5. The molecule has 2 N–H and O–H groups in total. The van der Waals surface area contributed by atoms with Crippen molar-refractivity contribution in [2.45, 2.75) is 38.3 Å². The van der Waals surface area contributed by atoms with Crippen LogP contribution in [-0.4, -0.2) is 57.2 Å². The third kappa shape index (κ3) is 2.57. The standard InChI is InChI=1S/C19H23N7O2/c1-3-12-17(25-9-8-20-13-4-5-14(13)25)18(27)16-19(22-12)24-26(23-16)11-6-7-21-15(10-11)28-2/h6-7,10,13-14,20H,3-5,8-9H2,1-2H3,(H,22,24)/t13-,14-/m0/s1. The predicted molar refractivity (Wildman–Crippen MR) is 105 cm³/mol. The smallest absolute Gasteiger partial charge is 0.234 e. The fraction of sp³-hybridized carbons (Fsp3) is 0.474. The molecule has 0 aromatic carbocycles. The van der Waals surface area contributed by atoms with Crippen molar-refractivity contribution in [1.29, 1.82) is 0 Å². The number of anilines is 1. The second-order valence-corrected chi connectivity index (χ2v) is 7.28. The molecular formula is C19H23N7O2. The molecule has 1 aliphatic heterocycles. The van der Waals surface area contributed by atoms with Gasteiger partial charge in [0, 0.05) is 43.1 Å². The zero-order chi connectivity index (χ0) is 19.3. The van der Waals surface area contributed by atoms with Crippen molar-refractivity contribution in [3.8, 4) is 11.6 Å². The molecule has 3 aromatic heterocycles. The molecule has 1 aliphatic carbocycles. The summed E-state index contributed by atoms with van der Waals surface area (Å²) in [6.45, 7) is 3.78. The van der Waals surface area contributed by atoms with Gasteiger partial charge in [0.25, 0.3) is 0 Å². The van der Waals surface area contributed by atoms with Gasteiger partial charge in [0.05, 0.1) is 12.8 Å². The summed E-state index contributed by atoms with van der Waals surface area (Å²) in [5.41, 5.74) is 3.18. The van der Waals surface area contributed by atoms with Crippen molar-refractivity contribution in [3.63, 3.8) is 0 Å². The summed E-state index contributed by atoms with van der Waals surface area (Å²) in [4.78, 5) is 24.6. The van der Waals surface area contributed by atoms with Crippen LogP contribution in [0.15, 0.2) is 23.1 Å². The maximum absolute atomic E-state index is 13.4. The number of aryl methyl sites for hydroxylation is 1. The number of piperazine rings is 1. The van der Waals surface area contributed by atoms with E-state index in [1.165, 1.54) is 11.2 Å². The lowest BCUT2D eigenvalue weighted by Gasteiger charge is -2.50. The minimum absolute atomic E-state index is 0.0505. The molecule has 5 rings (SSSR count). The molecule has 9 nitrogen and oxygen atoms in total. The van der Waals surface area contributed by atoms with E-state index < -0.39 is 0 Å². The molecule has 0 bridgehead atoms. The number of pyridine rings is 2. The van der Waals surface area contributed by atoms with E-state index in [1.54, 1.807) is 25.4 Å². The second kappa shape index (κ2) is 6.59. The van der Waals surface area contributed by atoms with Gasteiger partial charge in [-0.1, -0.05) is 6.92 Å². The highest BCUT2D eigenvalue weighted by atomic mass is 16.5. The Kier molecular flexibility index (Phi) is 4.04. The maximum Gasteiger partial charge on any atom is 0.234 e. The summed E-state index contributed by atoms with van der Waals surface area (Å²) < 4.78 is 5.18. The first-order chi connectivity index (χ1) is 13.7. The van der Waals surface area contributed by atoms with Gasteiger partial charge in [-0.05, 0) is 25.3 Å². The Balaban J connectivity index is 1.64. The van der Waals surface area contributed by atoms with E-state index >= 15 is 0 Å². The monoisotopic (exact) mass is 381 g/mol. The van der Waals surface area contributed by atoms with E-state index in [4.69, 9.17) is 4.74 Å². The van der Waals surface area contributed by atoms with Gasteiger partial charge in [-0.25, -0.2) is 4.98 Å². The van der Waals surface area contributed by atoms with Crippen molar-refractivity contribution in [2.24, 2.45) is 0 Å². The zero-order valence-corrected chi connectivity index (χ0v) is 16.0. The van der Waals surface area contributed by atoms with Crippen LogP contribution in [0, 0.1) is 0 Å². The van der Waals surface area contributed by atoms with Crippen molar-refractivity contribution in [1.82, 2.24) is 30.3 Å². The maximum atomic E-state index is 13.4. The minimum atomic E-state index is -0.0505. The second-order valence-electron chi connectivity index (χ2n) is 7.28. The number of nitrogens with zero attached hydrogens (tertiary/aromatic N) is 5. The number of hydrogen-bond donors (Lipinski definition) is 2. The highest BCUT2D eigenvalue weighted by Crippen LogP contribution is 2.32. The largest absolute Gasteiger partial charge is 0.481 e. The van der Waals surface area contributed by atoms with Crippen molar-refractivity contribution in [2.75, 3.05) is 25.1 Å². The number of fused-ring (bicyclic) bond motifs is 2. The molecule has 0 radical (unpaired) electrons. The van der Waals surface area contributed by atoms with Gasteiger partial charge in [0.1, 0.15) is 5.69 Å². The van der Waals surface area contributed by atoms with E-state index in [9.17, 15) is 4.79 Å². The first kappa shape index (κ1) is 17.2. The third-order valence-electron chi connectivity index (χ3n) is 5.80. The van der Waals surface area contributed by atoms with Gasteiger partial charge >= 0.3 is 0 Å². The van der Waals surface area contributed by atoms with Gasteiger partial charge in [-0.3, -0.25) is 4.79 Å². The van der Waals surface area contributed by atoms with Crippen molar-refractivity contribution in [3.05, 3.63) is 34.2 Å². The van der Waals surface area contributed by atoms with Gasteiger partial charge < -0.3 is 19.9 Å². The Hall–Kier alpha value is -2.94. The van der Waals surface area contributed by atoms with Crippen LogP contribution in [0.25, 0.3) is 16.9 Å². The quantitative estimate of drug-likeness (QED) is 0.696. The van der Waals surface area contributed by atoms with Gasteiger partial charge in [-0.2, -0.15) is 0 Å². The third-order valence-corrected chi connectivity index (χ3v) is 5.80. The lowest BCUT2D eigenvalue weighted by molar-refractivity contribution is 0.240. The highest BCUT2D eigenvalue weighted by Gasteiger charge is 2.40. The average Bonchev–Trinajstić information content (AvgIpc) is 3.13. The van der Waals surface area contributed by atoms with Gasteiger partial charge in [0.15, 0.2) is 11.2 Å². The molecule has 0 unspecified atom stereocenters. The van der Waals surface area contributed by atoms with Gasteiger partial charge in [0.2, 0.25) is 11.3 Å². The molecule has 0 amide bonds. The summed E-state index contributed by atoms with van der Waals surface area (Å²) in [5.74, 6) is 0.469. The fourth-order valence-corrected chi connectivity index (χ4v) is 4.21. The normalized spacial score (nSPS) is 21.4. The SMILES string of the molecule is CCc1[nH]c2nn(-c3ccnc(OC)c3)nc2c(=O)c1N1CCN[C@H]2CC[C@@H]21. The van der Waals surface area contributed by atoms with Crippen LogP contribution in [0.5, 0.6) is 5.88 Å². The molecule has 3 aromatic rings. The average molecular weight is 381 g/mol. The number of H-pyrrole nitrogens is 1. The molecule has 2 fully saturated rings. The van der Waals surface area contributed by atoms with Crippen LogP contribution >= 0.6 is 0 Å². The molecule has 146 valence electrons. The zero-order valence-electron chi connectivity index (χ0n) is 16.0. The first-order valence-corrected chi connectivity index (χ1v) is 9.72. The summed E-state index contributed by atoms with van der Waals surface area (Å²) in [6.07, 6.45) is 4.65. The predicted octanol–water partition coefficient (Wildman–Crippen LogP) is 1.02. The van der Waals surface area contributed by atoms with Crippen LogP contribution in [-0.2, 0) is 6.42 Å². The molecule has 2 atom stereocenters. The topological polar surface area (TPSA) is 101 Å². The number of rotatable bonds is 4. The Bertz CT molecular complexity index is 1090. The van der Waals surface area contributed by atoms with Crippen molar-refractivity contribution >= 4 is 16.9 Å². The van der Waals surface area contributed by atoms with E-state index in [2.05, 4.69) is 37.3 Å². The summed E-state index contributed by atoms with van der Waals surface area (Å²) >= 11 is 0. The first-order valence-electron chi connectivity index (χ1n) is 9.72. The molecule has 9 heteroatoms. The summed E-state index contributed by atoms with van der Waals surface area (Å²) in [6, 6.07) is 4.38.